The van der Waals surface area contributed by atoms with Crippen LogP contribution in [-0.4, -0.2) is 35.0 Å². The Bertz CT molecular complexity index is 6260. The predicted octanol–water partition coefficient (Wildman–Crippen LogP) is 27.3. The molecule has 4 nitrogen and oxygen atoms in total. The Labute approximate surface area is 607 Å². The summed E-state index contributed by atoms with van der Waals surface area (Å²) in [7, 11) is 0. The fourth-order valence-electron chi connectivity index (χ4n) is 16.9. The highest BCUT2D eigenvalue weighted by molar-refractivity contribution is 8.00. The van der Waals surface area contributed by atoms with Gasteiger partial charge in [0.2, 0.25) is 0 Å². The Morgan fingerprint density at radius 2 is 0.539 bits per heavy atom. The SMILES string of the molecule is CSc1ccc2c3ccc(SC)c4c(SC)ccc(c5ccc(SC)c1c25)c43.N#Cc1ccc(-c2c3c(c(-c4ccc(C#N)cc4)c4ccccc24)-c2cccc4cccc-3c24)cc1.c1ccc2[nH]c(-c3c4c(c(-c5cc6ccccc6[nH]5)c5ccccc35)-c3cccc5cccc-4c35)cc2c1. The van der Waals surface area contributed by atoms with Gasteiger partial charge in [0, 0.05) is 85.8 Å². The summed E-state index contributed by atoms with van der Waals surface area (Å²) < 4.78 is 0. The van der Waals surface area contributed by atoms with E-state index in [4.69, 9.17) is 0 Å². The molecule has 0 unspecified atom stereocenters. The van der Waals surface area contributed by atoms with Gasteiger partial charge in [0.05, 0.1) is 23.3 Å². The molecule has 19 aromatic rings. The highest BCUT2D eigenvalue weighted by atomic mass is 32.2. The number of nitriles is 2. The van der Waals surface area contributed by atoms with Crippen LogP contribution in [-0.2, 0) is 0 Å². The van der Waals surface area contributed by atoms with Crippen molar-refractivity contribution in [3.8, 4) is 101 Å². The van der Waals surface area contributed by atoms with Gasteiger partial charge in [0.15, 0.2) is 0 Å². The minimum absolute atomic E-state index is 0.652. The number of hydrogen-bond acceptors (Lipinski definition) is 6. The number of para-hydroxylation sites is 2. The van der Waals surface area contributed by atoms with Gasteiger partial charge in [0.25, 0.3) is 0 Å². The predicted molar refractivity (Wildman–Crippen MR) is 441 cm³/mol. The van der Waals surface area contributed by atoms with Crippen LogP contribution in [0.2, 0.25) is 0 Å². The van der Waals surface area contributed by atoms with Crippen molar-refractivity contribution in [2.75, 3.05) is 25.0 Å². The summed E-state index contributed by atoms with van der Waals surface area (Å²) in [4.78, 5) is 13.0. The maximum Gasteiger partial charge on any atom is 0.0991 e. The number of nitrogens with zero attached hydrogens (tertiary/aromatic N) is 2. The minimum Gasteiger partial charge on any atom is -0.354 e. The van der Waals surface area contributed by atoms with Gasteiger partial charge in [-0.3, -0.25) is 0 Å². The summed E-state index contributed by atoms with van der Waals surface area (Å²) >= 11 is 7.38. The molecule has 2 N–H and O–H groups in total. The van der Waals surface area contributed by atoms with Gasteiger partial charge in [-0.25, -0.2) is 0 Å². The summed E-state index contributed by atoms with van der Waals surface area (Å²) in [5.74, 6) is 0. The Balaban J connectivity index is 0.000000107. The fourth-order valence-corrected chi connectivity index (χ4v) is 19.5. The lowest BCUT2D eigenvalue weighted by molar-refractivity contribution is 1.45. The lowest BCUT2D eigenvalue weighted by Crippen LogP contribution is -1.94. The minimum atomic E-state index is 0.652. The number of benzene rings is 17. The lowest BCUT2D eigenvalue weighted by atomic mass is 9.82. The molecule has 2 aliphatic carbocycles. The van der Waals surface area contributed by atoms with Crippen molar-refractivity contribution in [2.45, 2.75) is 19.6 Å². The molecule has 2 heterocycles. The molecule has 0 bridgehead atoms. The highest BCUT2D eigenvalue weighted by Crippen LogP contribution is 2.60. The molecule has 0 fully saturated rings. The van der Waals surface area contributed by atoms with Gasteiger partial charge < -0.3 is 9.97 Å². The van der Waals surface area contributed by atoms with Crippen molar-refractivity contribution in [3.63, 3.8) is 0 Å². The second kappa shape index (κ2) is 24.7. The molecule has 2 aromatic heterocycles. The van der Waals surface area contributed by atoms with E-state index in [0.29, 0.717) is 11.1 Å². The topological polar surface area (TPSA) is 79.2 Å². The van der Waals surface area contributed by atoms with E-state index >= 15 is 0 Å². The van der Waals surface area contributed by atoms with E-state index in [2.05, 4.69) is 302 Å². The van der Waals surface area contributed by atoms with E-state index in [9.17, 15) is 10.5 Å². The largest absolute Gasteiger partial charge is 0.354 e. The first-order valence-corrected chi connectivity index (χ1v) is 39.0. The number of H-pyrrole nitrogens is 2. The summed E-state index contributed by atoms with van der Waals surface area (Å²) in [5, 5.41) is 42.4. The van der Waals surface area contributed by atoms with Gasteiger partial charge in [0.1, 0.15) is 0 Å². The lowest BCUT2D eigenvalue weighted by Gasteiger charge is -2.20. The van der Waals surface area contributed by atoms with Crippen LogP contribution >= 0.6 is 47.0 Å². The van der Waals surface area contributed by atoms with Crippen LogP contribution in [0, 0.1) is 22.7 Å². The van der Waals surface area contributed by atoms with Crippen molar-refractivity contribution >= 4 is 155 Å². The Morgan fingerprint density at radius 1 is 0.245 bits per heavy atom. The monoisotopic (exact) mass is 1370 g/mol. The second-order valence-corrected chi connectivity index (χ2v) is 29.6. The van der Waals surface area contributed by atoms with Gasteiger partial charge in [-0.05, 0) is 229 Å². The standard InChI is InChI=1S/C36H22N2.C34H18N2.C24H20S4/c1-5-17-28-22(9-1)19-30(37-28)33-24-13-3-4-14-25(24)34(31-20-23-10-2-6-18-29(23)38-31)36-27-16-8-12-21-11-7-15-26(32(21)27)35(33)36;35-19-21-11-15-24(16-12-21)31-26-7-1-2-8-27(26)32(25-17-13-22(20-36)14-18-25)34-29-10-4-6-23-5-3-9-28(30(23)29)33(31)34;1-25-17-9-5-13-15-7-11-19(27-3)24-20(28-4)12-8-16(22(15)24)14-6-10-18(26-2)23(17)21(13)14/h1-20,37-38H;1-18H;5-12H,1-4H3. The molecule has 480 valence electrons. The molecule has 2 aliphatic rings. The van der Waals surface area contributed by atoms with E-state index in [1.807, 2.05) is 71.3 Å². The zero-order valence-corrected chi connectivity index (χ0v) is 59.4. The summed E-state index contributed by atoms with van der Waals surface area (Å²) in [5.41, 5.74) is 23.2. The smallest absolute Gasteiger partial charge is 0.0991 e. The van der Waals surface area contributed by atoms with E-state index in [1.165, 1.54) is 183 Å². The van der Waals surface area contributed by atoms with Gasteiger partial charge in [-0.15, -0.1) is 47.0 Å². The summed E-state index contributed by atoms with van der Waals surface area (Å²) in [6.45, 7) is 0. The van der Waals surface area contributed by atoms with E-state index in [-0.39, 0.29) is 0 Å². The third kappa shape index (κ3) is 9.41. The molecule has 0 spiro atoms. The molecule has 21 rings (SSSR count). The molecule has 102 heavy (non-hydrogen) atoms. The molecular weight excluding hydrogens is 1310 g/mol. The average molecular weight is 1370 g/mol. The van der Waals surface area contributed by atoms with Crippen LogP contribution in [0.25, 0.3) is 197 Å². The third-order valence-corrected chi connectivity index (χ3v) is 24.3. The molecule has 8 heteroatoms. The zero-order chi connectivity index (χ0) is 68.4. The Morgan fingerprint density at radius 3 is 0.853 bits per heavy atom. The highest BCUT2D eigenvalue weighted by Gasteiger charge is 2.33. The zero-order valence-electron chi connectivity index (χ0n) is 56.1. The van der Waals surface area contributed by atoms with Crippen LogP contribution in [0.1, 0.15) is 11.1 Å². The molecule has 0 amide bonds. The first kappa shape index (κ1) is 61.6. The van der Waals surface area contributed by atoms with Gasteiger partial charge >= 0.3 is 0 Å². The molecule has 17 aromatic carbocycles. The average Bonchev–Trinajstić information content (AvgIpc) is 1.38. The second-order valence-electron chi connectivity index (χ2n) is 26.2. The Kier molecular flexibility index (Phi) is 14.9. The summed E-state index contributed by atoms with van der Waals surface area (Å²) in [6, 6.07) is 105. The van der Waals surface area contributed by atoms with Gasteiger partial charge in [-0.2, -0.15) is 10.5 Å². The first-order chi connectivity index (χ1) is 50.4. The molecule has 0 aliphatic heterocycles. The van der Waals surface area contributed by atoms with Crippen molar-refractivity contribution < 1.29 is 0 Å². The van der Waals surface area contributed by atoms with Crippen molar-refractivity contribution in [1.82, 2.24) is 9.97 Å². The molecular formula is C94H60N4S4. The van der Waals surface area contributed by atoms with Crippen LogP contribution in [0.5, 0.6) is 0 Å². The number of hydrogen-bond donors (Lipinski definition) is 2. The molecule has 0 atom stereocenters. The van der Waals surface area contributed by atoms with Crippen LogP contribution in [0.3, 0.4) is 0 Å². The van der Waals surface area contributed by atoms with Crippen molar-refractivity contribution in [2.24, 2.45) is 0 Å². The van der Waals surface area contributed by atoms with Crippen molar-refractivity contribution in [3.05, 3.63) is 290 Å². The summed E-state index contributed by atoms with van der Waals surface area (Å²) in [6.07, 6.45) is 8.73. The van der Waals surface area contributed by atoms with Crippen LogP contribution in [0.15, 0.2) is 299 Å². The number of fused-ring (bicyclic) bond motifs is 12. The molecule has 0 saturated carbocycles. The van der Waals surface area contributed by atoms with Crippen LogP contribution < -0.4 is 0 Å². The Hall–Kier alpha value is -11.5. The van der Waals surface area contributed by atoms with E-state index in [0.717, 1.165) is 33.5 Å². The fraction of sp³-hybridized carbons (Fsp3) is 0.0426. The van der Waals surface area contributed by atoms with Crippen molar-refractivity contribution in [1.29, 1.82) is 10.5 Å². The van der Waals surface area contributed by atoms with Crippen LogP contribution in [0.4, 0.5) is 0 Å². The molecule has 0 saturated heterocycles. The number of aromatic amines is 2. The third-order valence-electron chi connectivity index (χ3n) is 21.2. The van der Waals surface area contributed by atoms with E-state index < -0.39 is 0 Å². The molecule has 0 radical (unpaired) electrons. The number of aromatic nitrogens is 2. The number of rotatable bonds is 8. The van der Waals surface area contributed by atoms with E-state index in [1.54, 1.807) is 0 Å². The quantitative estimate of drug-likeness (QED) is 0.0897. The number of thioether (sulfide) groups is 4. The first-order valence-electron chi connectivity index (χ1n) is 34.1. The van der Waals surface area contributed by atoms with Gasteiger partial charge in [-0.1, -0.05) is 206 Å². The normalized spacial score (nSPS) is 11.9. The number of nitrogens with one attached hydrogen (secondary N) is 2. The maximum atomic E-state index is 9.38. The maximum absolute atomic E-state index is 9.38.